The van der Waals surface area contributed by atoms with Gasteiger partial charge in [0.05, 0.1) is 0 Å². The fourth-order valence-corrected chi connectivity index (χ4v) is 2.21. The minimum absolute atomic E-state index is 1.23. The van der Waals surface area contributed by atoms with Gasteiger partial charge in [0.1, 0.15) is 0 Å². The molecule has 2 aliphatic rings. The zero-order valence-corrected chi connectivity index (χ0v) is 9.78. The molecule has 0 aromatic rings. The van der Waals surface area contributed by atoms with Crippen molar-refractivity contribution in [2.45, 2.75) is 19.3 Å². The smallest absolute Gasteiger partial charge is 0.0110 e. The maximum atomic E-state index is 2.59. The number of piperazine rings is 1. The molecule has 0 radical (unpaired) electrons. The Labute approximate surface area is 93.2 Å². The zero-order chi connectivity index (χ0) is 10.5. The molecule has 1 aliphatic carbocycles. The summed E-state index contributed by atoms with van der Waals surface area (Å²) in [5, 5.41) is 0. The molecule has 84 valence electrons. The van der Waals surface area contributed by atoms with Crippen molar-refractivity contribution in [3.63, 3.8) is 0 Å². The van der Waals surface area contributed by atoms with Crippen LogP contribution in [0.3, 0.4) is 0 Å². The summed E-state index contributed by atoms with van der Waals surface area (Å²) < 4.78 is 0. The Morgan fingerprint density at radius 2 is 1.93 bits per heavy atom. The van der Waals surface area contributed by atoms with Gasteiger partial charge in [-0.3, -0.25) is 0 Å². The second kappa shape index (κ2) is 5.47. The summed E-state index contributed by atoms with van der Waals surface area (Å²) in [6.07, 6.45) is 10.7. The maximum absolute atomic E-state index is 2.59. The van der Waals surface area contributed by atoms with Gasteiger partial charge < -0.3 is 9.80 Å². The third-order valence-corrected chi connectivity index (χ3v) is 3.38. The summed E-state index contributed by atoms with van der Waals surface area (Å²) >= 11 is 0. The van der Waals surface area contributed by atoms with Crippen LogP contribution in [0.1, 0.15) is 19.3 Å². The first-order chi connectivity index (χ1) is 7.34. The molecule has 0 N–H and O–H groups in total. The minimum atomic E-state index is 1.23. The lowest BCUT2D eigenvalue weighted by atomic mass is 10.0. The van der Waals surface area contributed by atoms with Crippen molar-refractivity contribution in [3.05, 3.63) is 23.8 Å². The van der Waals surface area contributed by atoms with Gasteiger partial charge in [-0.25, -0.2) is 0 Å². The maximum Gasteiger partial charge on any atom is 0.0110 e. The SMILES string of the molecule is CN1CCN(CCC2=CCCC=C2)CC1. The largest absolute Gasteiger partial charge is 0.304 e. The summed E-state index contributed by atoms with van der Waals surface area (Å²) in [4.78, 5) is 5.00. The van der Waals surface area contributed by atoms with E-state index in [0.29, 0.717) is 0 Å². The van der Waals surface area contributed by atoms with Gasteiger partial charge in [-0.1, -0.05) is 23.8 Å². The molecule has 1 heterocycles. The van der Waals surface area contributed by atoms with Gasteiger partial charge in [0.25, 0.3) is 0 Å². The lowest BCUT2D eigenvalue weighted by molar-refractivity contribution is 0.155. The lowest BCUT2D eigenvalue weighted by Gasteiger charge is -2.32. The highest BCUT2D eigenvalue weighted by molar-refractivity contribution is 5.22. The molecule has 15 heavy (non-hydrogen) atoms. The van der Waals surface area contributed by atoms with E-state index < -0.39 is 0 Å². The monoisotopic (exact) mass is 206 g/mol. The molecule has 2 rings (SSSR count). The molecular weight excluding hydrogens is 184 g/mol. The Morgan fingerprint density at radius 3 is 2.60 bits per heavy atom. The van der Waals surface area contributed by atoms with E-state index in [1.165, 1.54) is 52.0 Å². The van der Waals surface area contributed by atoms with Gasteiger partial charge in [0.2, 0.25) is 0 Å². The van der Waals surface area contributed by atoms with Crippen LogP contribution in [0.5, 0.6) is 0 Å². The number of likely N-dealkylation sites (N-methyl/N-ethyl adjacent to an activating group) is 1. The van der Waals surface area contributed by atoms with Gasteiger partial charge >= 0.3 is 0 Å². The van der Waals surface area contributed by atoms with Gasteiger partial charge in [0, 0.05) is 32.7 Å². The Balaban J connectivity index is 1.69. The van der Waals surface area contributed by atoms with Gasteiger partial charge in [-0.15, -0.1) is 0 Å². The third kappa shape index (κ3) is 3.47. The van der Waals surface area contributed by atoms with E-state index in [9.17, 15) is 0 Å². The van der Waals surface area contributed by atoms with Crippen LogP contribution in [0, 0.1) is 0 Å². The molecule has 0 spiro atoms. The molecule has 0 aromatic carbocycles. The molecule has 2 nitrogen and oxygen atoms in total. The van der Waals surface area contributed by atoms with Crippen molar-refractivity contribution in [1.29, 1.82) is 0 Å². The van der Waals surface area contributed by atoms with Crippen molar-refractivity contribution in [2.24, 2.45) is 0 Å². The fourth-order valence-electron chi connectivity index (χ4n) is 2.21. The van der Waals surface area contributed by atoms with E-state index >= 15 is 0 Å². The molecule has 1 fully saturated rings. The second-order valence-corrected chi connectivity index (χ2v) is 4.65. The van der Waals surface area contributed by atoms with Crippen molar-refractivity contribution in [1.82, 2.24) is 9.80 Å². The molecule has 0 atom stereocenters. The number of hydrogen-bond acceptors (Lipinski definition) is 2. The van der Waals surface area contributed by atoms with Gasteiger partial charge in [-0.05, 0) is 26.3 Å². The van der Waals surface area contributed by atoms with Crippen molar-refractivity contribution >= 4 is 0 Å². The van der Waals surface area contributed by atoms with E-state index in [-0.39, 0.29) is 0 Å². The second-order valence-electron chi connectivity index (χ2n) is 4.65. The normalized spacial score (nSPS) is 24.2. The van der Waals surface area contributed by atoms with Crippen molar-refractivity contribution in [3.8, 4) is 0 Å². The minimum Gasteiger partial charge on any atom is -0.304 e. The van der Waals surface area contributed by atoms with Crippen LogP contribution in [0.25, 0.3) is 0 Å². The van der Waals surface area contributed by atoms with Crippen LogP contribution >= 0.6 is 0 Å². The molecule has 0 saturated carbocycles. The average molecular weight is 206 g/mol. The molecule has 1 aliphatic heterocycles. The number of nitrogens with zero attached hydrogens (tertiary/aromatic N) is 2. The summed E-state index contributed by atoms with van der Waals surface area (Å²) in [5.74, 6) is 0. The van der Waals surface area contributed by atoms with Crippen LogP contribution in [-0.2, 0) is 0 Å². The predicted octanol–water partition coefficient (Wildman–Crippen LogP) is 1.90. The fraction of sp³-hybridized carbons (Fsp3) is 0.692. The Hall–Kier alpha value is -0.600. The van der Waals surface area contributed by atoms with E-state index in [2.05, 4.69) is 35.1 Å². The first kappa shape index (κ1) is 10.9. The Morgan fingerprint density at radius 1 is 1.13 bits per heavy atom. The zero-order valence-electron chi connectivity index (χ0n) is 9.78. The quantitative estimate of drug-likeness (QED) is 0.696. The summed E-state index contributed by atoms with van der Waals surface area (Å²) in [7, 11) is 2.21. The van der Waals surface area contributed by atoms with Gasteiger partial charge in [-0.2, -0.15) is 0 Å². The first-order valence-corrected chi connectivity index (χ1v) is 6.11. The van der Waals surface area contributed by atoms with Crippen LogP contribution in [0.2, 0.25) is 0 Å². The topological polar surface area (TPSA) is 6.48 Å². The standard InChI is InChI=1S/C13H22N2/c1-14-9-11-15(12-10-14)8-7-13-5-3-2-4-6-13/h3,5-6H,2,4,7-12H2,1H3. The molecule has 2 heteroatoms. The summed E-state index contributed by atoms with van der Waals surface area (Å²) in [6.45, 7) is 6.19. The average Bonchev–Trinajstić information content (AvgIpc) is 2.30. The van der Waals surface area contributed by atoms with E-state index in [1.54, 1.807) is 5.57 Å². The van der Waals surface area contributed by atoms with Gasteiger partial charge in [0.15, 0.2) is 0 Å². The molecule has 0 aromatic heterocycles. The Kier molecular flexibility index (Phi) is 3.98. The molecule has 0 unspecified atom stereocenters. The number of hydrogen-bond donors (Lipinski definition) is 0. The van der Waals surface area contributed by atoms with Crippen LogP contribution < -0.4 is 0 Å². The van der Waals surface area contributed by atoms with Crippen LogP contribution in [0.15, 0.2) is 23.8 Å². The van der Waals surface area contributed by atoms with Crippen LogP contribution in [0.4, 0.5) is 0 Å². The highest BCUT2D eigenvalue weighted by Gasteiger charge is 2.13. The summed E-state index contributed by atoms with van der Waals surface area (Å²) in [6, 6.07) is 0. The van der Waals surface area contributed by atoms with E-state index in [1.807, 2.05) is 0 Å². The third-order valence-electron chi connectivity index (χ3n) is 3.38. The van der Waals surface area contributed by atoms with Crippen molar-refractivity contribution < 1.29 is 0 Å². The van der Waals surface area contributed by atoms with Crippen LogP contribution in [-0.4, -0.2) is 49.6 Å². The lowest BCUT2D eigenvalue weighted by Crippen LogP contribution is -2.44. The summed E-state index contributed by atoms with van der Waals surface area (Å²) in [5.41, 5.74) is 1.54. The molecule has 1 saturated heterocycles. The number of allylic oxidation sites excluding steroid dienone is 3. The Bertz CT molecular complexity index is 247. The molecule has 0 amide bonds. The first-order valence-electron chi connectivity index (χ1n) is 6.11. The molecular formula is C13H22N2. The highest BCUT2D eigenvalue weighted by Crippen LogP contribution is 2.13. The highest BCUT2D eigenvalue weighted by atomic mass is 15.2. The van der Waals surface area contributed by atoms with Crippen molar-refractivity contribution in [2.75, 3.05) is 39.8 Å². The van der Waals surface area contributed by atoms with E-state index in [4.69, 9.17) is 0 Å². The number of rotatable bonds is 3. The predicted molar refractivity (Wildman–Crippen MR) is 65.0 cm³/mol. The van der Waals surface area contributed by atoms with E-state index in [0.717, 1.165) is 0 Å². The molecule has 0 bridgehead atoms.